The fourth-order valence-corrected chi connectivity index (χ4v) is 3.29. The van der Waals surface area contributed by atoms with Gasteiger partial charge in [0.05, 0.1) is 5.52 Å². The summed E-state index contributed by atoms with van der Waals surface area (Å²) in [5.74, 6) is 0.451. The SMILES string of the molecule is O=C(NC1CC1)C1CCN(c2ccnc3ccccc23)CC1. The van der Waals surface area contributed by atoms with E-state index in [0.717, 1.165) is 44.3 Å². The Morgan fingerprint density at radius 1 is 1.09 bits per heavy atom. The number of para-hydroxylation sites is 1. The Labute approximate surface area is 130 Å². The van der Waals surface area contributed by atoms with Crippen molar-refractivity contribution in [2.75, 3.05) is 18.0 Å². The van der Waals surface area contributed by atoms with Crippen LogP contribution in [-0.2, 0) is 4.79 Å². The third-order valence-corrected chi connectivity index (χ3v) is 4.76. The molecule has 0 bridgehead atoms. The molecule has 1 aromatic carbocycles. The number of anilines is 1. The van der Waals surface area contributed by atoms with Gasteiger partial charge in [0, 0.05) is 42.3 Å². The van der Waals surface area contributed by atoms with Gasteiger partial charge in [0.25, 0.3) is 0 Å². The largest absolute Gasteiger partial charge is 0.371 e. The minimum atomic E-state index is 0.185. The highest BCUT2D eigenvalue weighted by atomic mass is 16.2. The summed E-state index contributed by atoms with van der Waals surface area (Å²) in [7, 11) is 0. The van der Waals surface area contributed by atoms with Crippen LogP contribution in [0.5, 0.6) is 0 Å². The van der Waals surface area contributed by atoms with E-state index in [4.69, 9.17) is 0 Å². The summed E-state index contributed by atoms with van der Waals surface area (Å²) in [6.07, 6.45) is 6.08. The summed E-state index contributed by atoms with van der Waals surface area (Å²) in [6, 6.07) is 10.8. The van der Waals surface area contributed by atoms with E-state index in [2.05, 4.69) is 39.5 Å². The van der Waals surface area contributed by atoms with Crippen LogP contribution in [0.1, 0.15) is 25.7 Å². The molecule has 1 saturated heterocycles. The van der Waals surface area contributed by atoms with Gasteiger partial charge in [-0.25, -0.2) is 0 Å². The number of fused-ring (bicyclic) bond motifs is 1. The van der Waals surface area contributed by atoms with Crippen LogP contribution in [0.2, 0.25) is 0 Å². The Balaban J connectivity index is 1.47. The summed E-state index contributed by atoms with van der Waals surface area (Å²) in [6.45, 7) is 1.88. The zero-order chi connectivity index (χ0) is 14.9. The molecule has 1 aliphatic heterocycles. The highest BCUT2D eigenvalue weighted by Crippen LogP contribution is 2.29. The van der Waals surface area contributed by atoms with Gasteiger partial charge >= 0.3 is 0 Å². The zero-order valence-corrected chi connectivity index (χ0v) is 12.7. The number of carbonyl (C=O) groups excluding carboxylic acids is 1. The standard InChI is InChI=1S/C18H21N3O/c22-18(20-14-5-6-14)13-8-11-21(12-9-13)17-7-10-19-16-4-2-1-3-15(16)17/h1-4,7,10,13-14H,5-6,8-9,11-12H2,(H,20,22). The average molecular weight is 295 g/mol. The normalized spacial score (nSPS) is 19.4. The number of hydrogen-bond acceptors (Lipinski definition) is 3. The third kappa shape index (κ3) is 2.65. The number of aromatic nitrogens is 1. The molecule has 22 heavy (non-hydrogen) atoms. The second-order valence-corrected chi connectivity index (χ2v) is 6.39. The maximum absolute atomic E-state index is 12.2. The first-order chi connectivity index (χ1) is 10.8. The van der Waals surface area contributed by atoms with Crippen molar-refractivity contribution in [1.82, 2.24) is 10.3 Å². The van der Waals surface area contributed by atoms with Crippen molar-refractivity contribution in [3.63, 3.8) is 0 Å². The Bertz CT molecular complexity index is 682. The fourth-order valence-electron chi connectivity index (χ4n) is 3.29. The molecule has 0 radical (unpaired) electrons. The molecule has 2 aliphatic rings. The molecule has 114 valence electrons. The lowest BCUT2D eigenvalue weighted by Crippen LogP contribution is -2.41. The molecule has 4 nitrogen and oxygen atoms in total. The van der Waals surface area contributed by atoms with Crippen molar-refractivity contribution in [2.45, 2.75) is 31.7 Å². The molecular formula is C18H21N3O. The second-order valence-electron chi connectivity index (χ2n) is 6.39. The number of hydrogen-bond donors (Lipinski definition) is 1. The first kappa shape index (κ1) is 13.6. The van der Waals surface area contributed by atoms with Crippen molar-refractivity contribution >= 4 is 22.5 Å². The molecule has 4 rings (SSSR count). The van der Waals surface area contributed by atoms with Gasteiger partial charge in [-0.3, -0.25) is 9.78 Å². The molecule has 1 N–H and O–H groups in total. The number of carbonyl (C=O) groups is 1. The van der Waals surface area contributed by atoms with Gasteiger partial charge in [-0.2, -0.15) is 0 Å². The predicted octanol–water partition coefficient (Wildman–Crippen LogP) is 2.73. The number of nitrogens with zero attached hydrogens (tertiary/aromatic N) is 2. The van der Waals surface area contributed by atoms with Crippen LogP contribution in [0.4, 0.5) is 5.69 Å². The van der Waals surface area contributed by atoms with Crippen LogP contribution < -0.4 is 10.2 Å². The molecule has 4 heteroatoms. The molecule has 2 heterocycles. The second kappa shape index (κ2) is 5.59. The first-order valence-electron chi connectivity index (χ1n) is 8.20. The summed E-state index contributed by atoms with van der Waals surface area (Å²) >= 11 is 0. The minimum absolute atomic E-state index is 0.185. The van der Waals surface area contributed by atoms with Crippen molar-refractivity contribution in [3.8, 4) is 0 Å². The Hall–Kier alpha value is -2.10. The van der Waals surface area contributed by atoms with Gasteiger partial charge in [-0.15, -0.1) is 0 Å². The zero-order valence-electron chi connectivity index (χ0n) is 12.7. The molecule has 1 aliphatic carbocycles. The van der Waals surface area contributed by atoms with E-state index >= 15 is 0 Å². The molecule has 0 spiro atoms. The third-order valence-electron chi connectivity index (χ3n) is 4.76. The van der Waals surface area contributed by atoms with Gasteiger partial charge in [-0.1, -0.05) is 18.2 Å². The van der Waals surface area contributed by atoms with E-state index in [1.165, 1.54) is 11.1 Å². The van der Waals surface area contributed by atoms with E-state index in [9.17, 15) is 4.79 Å². The predicted molar refractivity (Wildman–Crippen MR) is 87.8 cm³/mol. The van der Waals surface area contributed by atoms with E-state index in [1.54, 1.807) is 0 Å². The van der Waals surface area contributed by atoms with Crippen molar-refractivity contribution in [2.24, 2.45) is 5.92 Å². The van der Waals surface area contributed by atoms with Crippen molar-refractivity contribution in [1.29, 1.82) is 0 Å². The Kier molecular flexibility index (Phi) is 3.45. The lowest BCUT2D eigenvalue weighted by molar-refractivity contribution is -0.125. The van der Waals surface area contributed by atoms with Crippen LogP contribution in [0.25, 0.3) is 10.9 Å². The molecule has 0 atom stereocenters. The summed E-state index contributed by atoms with van der Waals surface area (Å²) < 4.78 is 0. The van der Waals surface area contributed by atoms with Gasteiger partial charge in [-0.05, 0) is 37.8 Å². The van der Waals surface area contributed by atoms with E-state index < -0.39 is 0 Å². The summed E-state index contributed by atoms with van der Waals surface area (Å²) in [5.41, 5.74) is 2.28. The number of pyridine rings is 1. The number of rotatable bonds is 3. The fraction of sp³-hybridized carbons (Fsp3) is 0.444. The smallest absolute Gasteiger partial charge is 0.223 e. The molecule has 1 amide bonds. The van der Waals surface area contributed by atoms with Crippen molar-refractivity contribution in [3.05, 3.63) is 36.5 Å². The lowest BCUT2D eigenvalue weighted by atomic mass is 9.95. The maximum atomic E-state index is 12.2. The van der Waals surface area contributed by atoms with Crippen LogP contribution in [-0.4, -0.2) is 30.0 Å². The Morgan fingerprint density at radius 3 is 2.64 bits per heavy atom. The molecule has 0 unspecified atom stereocenters. The van der Waals surface area contributed by atoms with Crippen LogP contribution in [0.15, 0.2) is 36.5 Å². The summed E-state index contributed by atoms with van der Waals surface area (Å²) in [4.78, 5) is 19.0. The topological polar surface area (TPSA) is 45.2 Å². The van der Waals surface area contributed by atoms with Gasteiger partial charge in [0.2, 0.25) is 5.91 Å². The molecular weight excluding hydrogens is 274 g/mol. The van der Waals surface area contributed by atoms with Crippen LogP contribution >= 0.6 is 0 Å². The molecule has 1 aromatic heterocycles. The van der Waals surface area contributed by atoms with Gasteiger partial charge in [0.15, 0.2) is 0 Å². The quantitative estimate of drug-likeness (QED) is 0.947. The first-order valence-corrected chi connectivity index (χ1v) is 8.20. The average Bonchev–Trinajstić information content (AvgIpc) is 3.38. The summed E-state index contributed by atoms with van der Waals surface area (Å²) in [5, 5.41) is 4.34. The Morgan fingerprint density at radius 2 is 1.86 bits per heavy atom. The van der Waals surface area contributed by atoms with E-state index in [-0.39, 0.29) is 11.8 Å². The maximum Gasteiger partial charge on any atom is 0.223 e. The molecule has 2 fully saturated rings. The number of piperidine rings is 1. The van der Waals surface area contributed by atoms with Gasteiger partial charge in [0.1, 0.15) is 0 Å². The lowest BCUT2D eigenvalue weighted by Gasteiger charge is -2.33. The number of nitrogens with one attached hydrogen (secondary N) is 1. The molecule has 2 aromatic rings. The van der Waals surface area contributed by atoms with Crippen LogP contribution in [0.3, 0.4) is 0 Å². The highest BCUT2D eigenvalue weighted by Gasteiger charge is 2.30. The van der Waals surface area contributed by atoms with Gasteiger partial charge < -0.3 is 10.2 Å². The highest BCUT2D eigenvalue weighted by molar-refractivity contribution is 5.91. The van der Waals surface area contributed by atoms with Crippen LogP contribution in [0, 0.1) is 5.92 Å². The number of amides is 1. The monoisotopic (exact) mass is 295 g/mol. The molecule has 1 saturated carbocycles. The van der Waals surface area contributed by atoms with Crippen molar-refractivity contribution < 1.29 is 4.79 Å². The van der Waals surface area contributed by atoms with E-state index in [0.29, 0.717) is 6.04 Å². The van der Waals surface area contributed by atoms with E-state index in [1.807, 2.05) is 12.3 Å². The minimum Gasteiger partial charge on any atom is -0.371 e. The number of benzene rings is 1.